The summed E-state index contributed by atoms with van der Waals surface area (Å²) < 4.78 is 48.4. The van der Waals surface area contributed by atoms with Crippen molar-refractivity contribution in [3.8, 4) is 28.8 Å². The third-order valence-corrected chi connectivity index (χ3v) is 6.51. The number of imidazole rings is 1. The van der Waals surface area contributed by atoms with Crippen molar-refractivity contribution < 1.29 is 42.4 Å². The molecule has 1 N–H and O–H groups in total. The zero-order valence-electron chi connectivity index (χ0n) is 24.8. The number of ether oxygens (including phenoxy) is 6. The van der Waals surface area contributed by atoms with Crippen LogP contribution in [0.3, 0.4) is 0 Å². The molecular formula is C29H30ClFN4O9. The third-order valence-electron chi connectivity index (χ3n) is 6.21. The number of fused-ring (bicyclic) bond motifs is 1. The molecule has 0 amide bonds. The van der Waals surface area contributed by atoms with Crippen LogP contribution in [0, 0.1) is 5.82 Å². The van der Waals surface area contributed by atoms with Gasteiger partial charge in [-0.2, -0.15) is 4.98 Å². The minimum atomic E-state index is -1.30. The largest absolute Gasteiger partial charge is 0.496 e. The molecule has 0 radical (unpaired) electrons. The van der Waals surface area contributed by atoms with Crippen LogP contribution >= 0.6 is 11.6 Å². The number of H-pyrrole nitrogens is 1. The van der Waals surface area contributed by atoms with Crippen LogP contribution in [0.1, 0.15) is 39.1 Å². The fraction of sp³-hybridized carbons (Fsp3) is 0.345. The van der Waals surface area contributed by atoms with E-state index in [9.17, 15) is 18.8 Å². The topological polar surface area (TPSA) is 153 Å². The van der Waals surface area contributed by atoms with Crippen molar-refractivity contribution in [1.82, 2.24) is 19.5 Å². The Morgan fingerprint density at radius 3 is 2.45 bits per heavy atom. The summed E-state index contributed by atoms with van der Waals surface area (Å²) in [5.41, 5.74) is -1.59. The molecule has 0 fully saturated rings. The van der Waals surface area contributed by atoms with Crippen LogP contribution in [0.5, 0.6) is 23.1 Å². The van der Waals surface area contributed by atoms with Crippen LogP contribution in [0.4, 0.5) is 4.39 Å². The number of hydrogen-bond donors (Lipinski definition) is 1. The molecule has 0 atom stereocenters. The van der Waals surface area contributed by atoms with Gasteiger partial charge in [-0.3, -0.25) is 9.78 Å². The molecular weight excluding hydrogens is 603 g/mol. The van der Waals surface area contributed by atoms with Crippen LogP contribution < -0.4 is 24.6 Å². The Balaban J connectivity index is 1.88. The maximum atomic E-state index is 14.7. The maximum absolute atomic E-state index is 14.7. The molecule has 0 saturated carbocycles. The van der Waals surface area contributed by atoms with Crippen molar-refractivity contribution in [3.63, 3.8) is 0 Å². The normalized spacial score (nSPS) is 11.3. The van der Waals surface area contributed by atoms with E-state index in [-0.39, 0.29) is 69.6 Å². The maximum Gasteiger partial charge on any atom is 0.344 e. The molecule has 0 bridgehead atoms. The summed E-state index contributed by atoms with van der Waals surface area (Å²) >= 11 is 6.65. The molecule has 0 aliphatic rings. The van der Waals surface area contributed by atoms with Gasteiger partial charge < -0.3 is 28.4 Å². The Bertz CT molecular complexity index is 1770. The van der Waals surface area contributed by atoms with Crippen LogP contribution in [0.15, 0.2) is 35.1 Å². The van der Waals surface area contributed by atoms with Gasteiger partial charge >= 0.3 is 17.6 Å². The Kier molecular flexibility index (Phi) is 9.62. The van der Waals surface area contributed by atoms with E-state index in [1.54, 1.807) is 26.8 Å². The molecule has 234 valence electrons. The summed E-state index contributed by atoms with van der Waals surface area (Å²) in [6.45, 7) is 5.40. The molecule has 0 aliphatic heterocycles. The van der Waals surface area contributed by atoms with E-state index in [0.29, 0.717) is 0 Å². The van der Waals surface area contributed by atoms with E-state index >= 15 is 0 Å². The molecule has 0 spiro atoms. The SMILES string of the molecule is CCOC(=O)COc1cc(Cl)c(-n2c(=O)[nH]c3c(OC)nc(C(C)(C)OC(C)=O)nc32)cc1OCc1c(F)cccc1OC. The molecule has 2 heterocycles. The molecule has 2 aromatic carbocycles. The molecule has 0 aliphatic carbocycles. The van der Waals surface area contributed by atoms with Crippen molar-refractivity contribution in [3.05, 3.63) is 63.0 Å². The van der Waals surface area contributed by atoms with Crippen molar-refractivity contribution in [2.24, 2.45) is 0 Å². The van der Waals surface area contributed by atoms with E-state index in [2.05, 4.69) is 15.0 Å². The summed E-state index contributed by atoms with van der Waals surface area (Å²) in [7, 11) is 2.74. The lowest BCUT2D eigenvalue weighted by Gasteiger charge is -2.23. The zero-order chi connectivity index (χ0) is 32.2. The summed E-state index contributed by atoms with van der Waals surface area (Å²) in [5.74, 6) is -1.48. The second-order valence-corrected chi connectivity index (χ2v) is 10.1. The lowest BCUT2D eigenvalue weighted by atomic mass is 10.1. The number of nitrogens with zero attached hydrogens (tertiary/aromatic N) is 3. The first-order valence-electron chi connectivity index (χ1n) is 13.2. The zero-order valence-corrected chi connectivity index (χ0v) is 25.5. The number of carbonyl (C=O) groups is 2. The predicted octanol–water partition coefficient (Wildman–Crippen LogP) is 4.24. The Morgan fingerprint density at radius 2 is 1.80 bits per heavy atom. The van der Waals surface area contributed by atoms with Crippen molar-refractivity contribution >= 4 is 34.7 Å². The summed E-state index contributed by atoms with van der Waals surface area (Å²) in [6, 6.07) is 7.01. The number of aromatic amines is 1. The quantitative estimate of drug-likeness (QED) is 0.223. The van der Waals surface area contributed by atoms with Gasteiger partial charge in [0.25, 0.3) is 0 Å². The van der Waals surface area contributed by atoms with Crippen LogP contribution in [0.2, 0.25) is 5.02 Å². The number of carbonyl (C=O) groups excluding carboxylic acids is 2. The van der Waals surface area contributed by atoms with Gasteiger partial charge in [0, 0.05) is 19.1 Å². The first-order chi connectivity index (χ1) is 20.9. The van der Waals surface area contributed by atoms with Crippen LogP contribution in [-0.4, -0.2) is 58.9 Å². The first-order valence-corrected chi connectivity index (χ1v) is 13.6. The van der Waals surface area contributed by atoms with E-state index in [1.807, 2.05) is 0 Å². The predicted molar refractivity (Wildman–Crippen MR) is 155 cm³/mol. The number of nitrogens with one attached hydrogen (secondary N) is 1. The van der Waals surface area contributed by atoms with E-state index in [4.69, 9.17) is 40.0 Å². The average molecular weight is 633 g/mol. The van der Waals surface area contributed by atoms with Gasteiger partial charge in [0.15, 0.2) is 35.2 Å². The smallest absolute Gasteiger partial charge is 0.344 e. The lowest BCUT2D eigenvalue weighted by molar-refractivity contribution is -0.155. The molecule has 44 heavy (non-hydrogen) atoms. The summed E-state index contributed by atoms with van der Waals surface area (Å²) in [6.07, 6.45) is 0. The first kappa shape index (κ1) is 32.1. The second kappa shape index (κ2) is 13.2. The fourth-order valence-corrected chi connectivity index (χ4v) is 4.52. The molecule has 4 aromatic rings. The number of hydrogen-bond acceptors (Lipinski definition) is 11. The summed E-state index contributed by atoms with van der Waals surface area (Å²) in [4.78, 5) is 48.6. The highest BCUT2D eigenvalue weighted by Gasteiger charge is 2.31. The number of rotatable bonds is 12. The number of methoxy groups -OCH3 is 2. The number of esters is 2. The van der Waals surface area contributed by atoms with Gasteiger partial charge in [-0.15, -0.1) is 0 Å². The van der Waals surface area contributed by atoms with Crippen LogP contribution in [0.25, 0.3) is 16.9 Å². The van der Waals surface area contributed by atoms with E-state index in [1.165, 1.54) is 45.4 Å². The van der Waals surface area contributed by atoms with E-state index < -0.39 is 35.7 Å². The molecule has 13 nitrogen and oxygen atoms in total. The second-order valence-electron chi connectivity index (χ2n) is 9.68. The van der Waals surface area contributed by atoms with Gasteiger partial charge in [-0.05, 0) is 32.9 Å². The lowest BCUT2D eigenvalue weighted by Crippen LogP contribution is -2.27. The average Bonchev–Trinajstić information content (AvgIpc) is 3.30. The third kappa shape index (κ3) is 6.70. The number of halogens is 2. The number of aromatic nitrogens is 4. The van der Waals surface area contributed by atoms with E-state index in [0.717, 1.165) is 4.57 Å². The van der Waals surface area contributed by atoms with Crippen molar-refractivity contribution in [1.29, 1.82) is 0 Å². The Morgan fingerprint density at radius 1 is 1.07 bits per heavy atom. The highest BCUT2D eigenvalue weighted by atomic mass is 35.5. The molecule has 4 rings (SSSR count). The molecule has 15 heteroatoms. The van der Waals surface area contributed by atoms with Crippen LogP contribution in [-0.2, 0) is 31.3 Å². The minimum Gasteiger partial charge on any atom is -0.496 e. The van der Waals surface area contributed by atoms with Gasteiger partial charge in [0.05, 0.1) is 37.1 Å². The van der Waals surface area contributed by atoms with Gasteiger partial charge in [0.1, 0.15) is 23.7 Å². The molecule has 2 aromatic heterocycles. The van der Waals surface area contributed by atoms with Gasteiger partial charge in [-0.1, -0.05) is 17.7 Å². The fourth-order valence-electron chi connectivity index (χ4n) is 4.29. The monoisotopic (exact) mass is 632 g/mol. The highest BCUT2D eigenvalue weighted by Crippen LogP contribution is 2.38. The van der Waals surface area contributed by atoms with Crippen molar-refractivity contribution in [2.45, 2.75) is 39.9 Å². The van der Waals surface area contributed by atoms with Gasteiger partial charge in [-0.25, -0.2) is 23.5 Å². The standard InChI is InChI=1S/C29H30ClFN4O9/c1-7-41-23(37)14-43-21-11-17(30)19(12-22(21)42-13-16-18(31)9-8-10-20(16)39-5)35-25-24(32-28(35)38)26(40-6)34-27(33-25)29(3,4)44-15(2)36/h8-12H,7,13-14H2,1-6H3,(H,32,38). The highest BCUT2D eigenvalue weighted by molar-refractivity contribution is 6.32. The Labute approximate surface area is 255 Å². The number of benzene rings is 2. The van der Waals surface area contributed by atoms with Gasteiger partial charge in [0.2, 0.25) is 5.88 Å². The minimum absolute atomic E-state index is 0.000978. The Hall–Kier alpha value is -4.85. The molecule has 0 unspecified atom stereocenters. The summed E-state index contributed by atoms with van der Waals surface area (Å²) in [5, 5.41) is 0.000978. The molecule has 0 saturated heterocycles. The van der Waals surface area contributed by atoms with Crippen molar-refractivity contribution in [2.75, 3.05) is 27.4 Å².